The summed E-state index contributed by atoms with van der Waals surface area (Å²) < 4.78 is 0. The third kappa shape index (κ3) is 6.21. The lowest BCUT2D eigenvalue weighted by Gasteiger charge is -2.16. The first-order valence-corrected chi connectivity index (χ1v) is 8.46. The molecule has 0 saturated carbocycles. The normalized spacial score (nSPS) is 14.8. The van der Waals surface area contributed by atoms with Gasteiger partial charge in [-0.2, -0.15) is 0 Å². The van der Waals surface area contributed by atoms with Crippen LogP contribution in [0.15, 0.2) is 4.99 Å². The molecule has 9 heteroatoms. The molecule has 1 aliphatic rings. The quantitative estimate of drug-likeness (QED) is 0.403. The average Bonchev–Trinajstić information content (AvgIpc) is 3.18. The molecule has 0 aromatic carbocycles. The topological polar surface area (TPSA) is 82.5 Å². The van der Waals surface area contributed by atoms with Crippen LogP contribution in [0.3, 0.4) is 0 Å². The van der Waals surface area contributed by atoms with E-state index in [1.165, 1.54) is 0 Å². The fourth-order valence-corrected chi connectivity index (χ4v) is 2.97. The molecule has 0 radical (unpaired) electrons. The largest absolute Gasteiger partial charge is 0.350 e. The number of hydrogen-bond donors (Lipinski definition) is 2. The zero-order valence-electron chi connectivity index (χ0n) is 13.8. The predicted molar refractivity (Wildman–Crippen MR) is 103 cm³/mol. The minimum Gasteiger partial charge on any atom is -0.350 e. The van der Waals surface area contributed by atoms with Crippen LogP contribution < -0.4 is 10.6 Å². The molecule has 2 N–H and O–H groups in total. The van der Waals surface area contributed by atoms with Gasteiger partial charge in [-0.3, -0.25) is 9.79 Å². The number of aliphatic imine (C=N–C) groups is 1. The second-order valence-electron chi connectivity index (χ2n) is 5.56. The van der Waals surface area contributed by atoms with E-state index in [-0.39, 0.29) is 36.4 Å². The fraction of sp³-hybridized carbons (Fsp3) is 0.714. The van der Waals surface area contributed by atoms with Crippen molar-refractivity contribution in [3.8, 4) is 0 Å². The van der Waals surface area contributed by atoms with E-state index >= 15 is 0 Å². The van der Waals surface area contributed by atoms with Crippen LogP contribution >= 0.6 is 35.3 Å². The van der Waals surface area contributed by atoms with Gasteiger partial charge in [0.25, 0.3) is 0 Å². The Bertz CT molecular complexity index is 527. The van der Waals surface area contributed by atoms with E-state index in [1.54, 1.807) is 18.4 Å². The van der Waals surface area contributed by atoms with Crippen LogP contribution in [0.5, 0.6) is 0 Å². The minimum atomic E-state index is 0. The summed E-state index contributed by atoms with van der Waals surface area (Å²) in [4.78, 5) is 18.0. The van der Waals surface area contributed by atoms with Gasteiger partial charge in [-0.05, 0) is 12.8 Å². The Kier molecular flexibility index (Phi) is 8.74. The Morgan fingerprint density at radius 3 is 2.57 bits per heavy atom. The van der Waals surface area contributed by atoms with Crippen LogP contribution in [0, 0.1) is 0 Å². The Morgan fingerprint density at radius 2 is 2.00 bits per heavy atom. The van der Waals surface area contributed by atoms with Crippen LogP contribution in [0.25, 0.3) is 0 Å². The molecule has 2 rings (SSSR count). The molecule has 130 valence electrons. The summed E-state index contributed by atoms with van der Waals surface area (Å²) in [5.41, 5.74) is 0. The van der Waals surface area contributed by atoms with Gasteiger partial charge >= 0.3 is 0 Å². The van der Waals surface area contributed by atoms with Crippen molar-refractivity contribution < 1.29 is 4.79 Å². The van der Waals surface area contributed by atoms with E-state index in [1.807, 2.05) is 4.90 Å². The number of hydrogen-bond acceptors (Lipinski definition) is 5. The summed E-state index contributed by atoms with van der Waals surface area (Å²) in [6.07, 6.45) is 2.21. The van der Waals surface area contributed by atoms with Crippen LogP contribution in [-0.2, 0) is 11.3 Å². The van der Waals surface area contributed by atoms with Gasteiger partial charge in [0.15, 0.2) is 5.96 Å². The third-order valence-corrected chi connectivity index (χ3v) is 4.70. The molecule has 1 fully saturated rings. The molecule has 1 amide bonds. The molecule has 1 aromatic heterocycles. The number of carbonyl (C=O) groups is 1. The highest BCUT2D eigenvalue weighted by Crippen LogP contribution is 2.18. The smallest absolute Gasteiger partial charge is 0.241 e. The molecule has 23 heavy (non-hydrogen) atoms. The number of carbonyl (C=O) groups excluding carboxylic acids is 1. The third-order valence-electron chi connectivity index (χ3n) is 3.47. The van der Waals surface area contributed by atoms with Crippen LogP contribution in [0.4, 0.5) is 0 Å². The fourth-order valence-electron chi connectivity index (χ4n) is 2.19. The number of halogens is 1. The Balaban J connectivity index is 0.00000264. The number of amides is 1. The van der Waals surface area contributed by atoms with Crippen molar-refractivity contribution in [1.29, 1.82) is 0 Å². The maximum Gasteiger partial charge on any atom is 0.241 e. The van der Waals surface area contributed by atoms with E-state index in [0.29, 0.717) is 18.4 Å². The average molecular weight is 452 g/mol. The summed E-state index contributed by atoms with van der Waals surface area (Å²) >= 11 is 1.60. The second-order valence-corrected chi connectivity index (χ2v) is 6.65. The molecule has 0 bridgehead atoms. The van der Waals surface area contributed by atoms with E-state index in [9.17, 15) is 4.79 Å². The van der Waals surface area contributed by atoms with Gasteiger partial charge in [-0.25, -0.2) is 0 Å². The van der Waals surface area contributed by atoms with E-state index in [2.05, 4.69) is 39.7 Å². The standard InChI is InChI=1S/C14H24N6OS.HI/c1-10(2)13-19-18-11(22-13)8-16-14(15-3)17-9-12(21)20-6-4-5-7-20;/h10H,4-9H2,1-3H3,(H2,15,16,17);1H. The Labute approximate surface area is 158 Å². The maximum atomic E-state index is 12.0. The van der Waals surface area contributed by atoms with Gasteiger partial charge in [-0.15, -0.1) is 34.2 Å². The predicted octanol–water partition coefficient (Wildman–Crippen LogP) is 1.57. The van der Waals surface area contributed by atoms with Crippen LogP contribution in [0.1, 0.15) is 42.6 Å². The summed E-state index contributed by atoms with van der Waals surface area (Å²) in [7, 11) is 1.69. The molecular formula is C14H25IN6OS. The van der Waals surface area contributed by atoms with Gasteiger partial charge in [0, 0.05) is 26.1 Å². The highest BCUT2D eigenvalue weighted by molar-refractivity contribution is 14.0. The number of guanidine groups is 1. The van der Waals surface area contributed by atoms with Crippen molar-refractivity contribution in [3.63, 3.8) is 0 Å². The molecule has 1 aromatic rings. The molecule has 0 atom stereocenters. The molecule has 1 saturated heterocycles. The molecule has 2 heterocycles. The Morgan fingerprint density at radius 1 is 1.30 bits per heavy atom. The van der Waals surface area contributed by atoms with Crippen molar-refractivity contribution in [2.45, 2.75) is 39.2 Å². The van der Waals surface area contributed by atoms with Gasteiger partial charge in [0.05, 0.1) is 13.1 Å². The van der Waals surface area contributed by atoms with Crippen molar-refractivity contribution in [2.75, 3.05) is 26.7 Å². The second kappa shape index (κ2) is 10.0. The summed E-state index contributed by atoms with van der Waals surface area (Å²) in [6, 6.07) is 0. The monoisotopic (exact) mass is 452 g/mol. The Hall–Kier alpha value is -0.970. The lowest BCUT2D eigenvalue weighted by atomic mass is 10.2. The van der Waals surface area contributed by atoms with Crippen molar-refractivity contribution in [2.24, 2.45) is 4.99 Å². The van der Waals surface area contributed by atoms with Crippen molar-refractivity contribution >= 4 is 47.2 Å². The summed E-state index contributed by atoms with van der Waals surface area (Å²) in [6.45, 7) is 6.77. The highest BCUT2D eigenvalue weighted by atomic mass is 127. The van der Waals surface area contributed by atoms with Gasteiger partial charge in [-0.1, -0.05) is 25.2 Å². The van der Waals surface area contributed by atoms with E-state index in [4.69, 9.17) is 0 Å². The first-order chi connectivity index (χ1) is 10.6. The van der Waals surface area contributed by atoms with Gasteiger partial charge < -0.3 is 15.5 Å². The molecule has 0 spiro atoms. The van der Waals surface area contributed by atoms with Gasteiger partial charge in [0.2, 0.25) is 5.91 Å². The van der Waals surface area contributed by atoms with E-state index in [0.717, 1.165) is 35.9 Å². The van der Waals surface area contributed by atoms with Crippen molar-refractivity contribution in [3.05, 3.63) is 10.0 Å². The van der Waals surface area contributed by atoms with Crippen LogP contribution in [0.2, 0.25) is 0 Å². The maximum absolute atomic E-state index is 12.0. The number of nitrogens with zero attached hydrogens (tertiary/aromatic N) is 4. The minimum absolute atomic E-state index is 0. The summed E-state index contributed by atoms with van der Waals surface area (Å²) in [5, 5.41) is 16.5. The summed E-state index contributed by atoms with van der Waals surface area (Å²) in [5.74, 6) is 1.12. The SMILES string of the molecule is CN=C(NCC(=O)N1CCCC1)NCc1nnc(C(C)C)s1.I. The zero-order valence-corrected chi connectivity index (χ0v) is 17.0. The number of nitrogens with one attached hydrogen (secondary N) is 2. The van der Waals surface area contributed by atoms with Gasteiger partial charge in [0.1, 0.15) is 10.0 Å². The van der Waals surface area contributed by atoms with Crippen molar-refractivity contribution in [1.82, 2.24) is 25.7 Å². The number of rotatable bonds is 5. The van der Waals surface area contributed by atoms with E-state index < -0.39 is 0 Å². The molecule has 0 aliphatic carbocycles. The first-order valence-electron chi connectivity index (χ1n) is 7.64. The molecule has 7 nitrogen and oxygen atoms in total. The lowest BCUT2D eigenvalue weighted by molar-refractivity contribution is -0.128. The molecule has 1 aliphatic heterocycles. The number of likely N-dealkylation sites (tertiary alicyclic amines) is 1. The molecular weight excluding hydrogens is 427 g/mol. The van der Waals surface area contributed by atoms with Crippen LogP contribution in [-0.4, -0.2) is 53.6 Å². The first kappa shape index (κ1) is 20.1. The number of aromatic nitrogens is 2. The zero-order chi connectivity index (χ0) is 15.9. The lowest BCUT2D eigenvalue weighted by Crippen LogP contribution is -2.43. The molecule has 0 unspecified atom stereocenters. The highest BCUT2D eigenvalue weighted by Gasteiger charge is 2.17.